The van der Waals surface area contributed by atoms with Crippen molar-refractivity contribution in [3.8, 4) is 0 Å². The predicted octanol–water partition coefficient (Wildman–Crippen LogP) is 2.61. The zero-order valence-corrected chi connectivity index (χ0v) is 8.55. The first kappa shape index (κ1) is 9.10. The van der Waals surface area contributed by atoms with Crippen LogP contribution >= 0.6 is 11.8 Å². The maximum atomic E-state index is 9.40. The minimum atomic E-state index is -0.0775. The molecule has 70 valence electrons. The van der Waals surface area contributed by atoms with Crippen LogP contribution in [0.1, 0.15) is 18.4 Å². The highest BCUT2D eigenvalue weighted by molar-refractivity contribution is 8.00. The summed E-state index contributed by atoms with van der Waals surface area (Å²) in [6.07, 6.45) is 2.05. The zero-order valence-electron chi connectivity index (χ0n) is 7.73. The highest BCUT2D eigenvalue weighted by atomic mass is 32.2. The maximum Gasteiger partial charge on any atom is 0.0662 e. The molecule has 2 atom stereocenters. The van der Waals surface area contributed by atoms with Gasteiger partial charge in [-0.15, -0.1) is 11.8 Å². The molecule has 1 aliphatic rings. The number of thioether (sulfide) groups is 1. The van der Waals surface area contributed by atoms with Crippen LogP contribution in [0, 0.1) is 6.92 Å². The second kappa shape index (κ2) is 3.72. The Morgan fingerprint density at radius 1 is 1.23 bits per heavy atom. The molecule has 0 aliphatic heterocycles. The average Bonchev–Trinajstić information content (AvgIpc) is 2.15. The van der Waals surface area contributed by atoms with Gasteiger partial charge in [0, 0.05) is 10.1 Å². The number of aryl methyl sites for hydroxylation is 1. The summed E-state index contributed by atoms with van der Waals surface area (Å²) in [6, 6.07) is 8.50. The van der Waals surface area contributed by atoms with Gasteiger partial charge in [0.2, 0.25) is 0 Å². The van der Waals surface area contributed by atoms with E-state index in [4.69, 9.17) is 0 Å². The normalized spacial score (nSPS) is 26.9. The van der Waals surface area contributed by atoms with Gasteiger partial charge >= 0.3 is 0 Å². The predicted molar refractivity (Wildman–Crippen MR) is 56.1 cm³/mol. The molecule has 1 aromatic carbocycles. The van der Waals surface area contributed by atoms with Gasteiger partial charge in [-0.25, -0.2) is 0 Å². The van der Waals surface area contributed by atoms with Crippen LogP contribution in [0.4, 0.5) is 0 Å². The molecular formula is C11H14OS. The van der Waals surface area contributed by atoms with Crippen LogP contribution in [0.15, 0.2) is 29.2 Å². The molecule has 1 fully saturated rings. The van der Waals surface area contributed by atoms with E-state index >= 15 is 0 Å². The van der Waals surface area contributed by atoms with E-state index in [-0.39, 0.29) is 6.10 Å². The van der Waals surface area contributed by atoms with E-state index in [0.717, 1.165) is 12.8 Å². The van der Waals surface area contributed by atoms with Crippen molar-refractivity contribution in [2.75, 3.05) is 0 Å². The Hall–Kier alpha value is -0.470. The Morgan fingerprint density at radius 2 is 1.92 bits per heavy atom. The van der Waals surface area contributed by atoms with Crippen molar-refractivity contribution in [2.24, 2.45) is 0 Å². The second-order valence-corrected chi connectivity index (χ2v) is 4.93. The average molecular weight is 194 g/mol. The van der Waals surface area contributed by atoms with Crippen molar-refractivity contribution in [1.29, 1.82) is 0 Å². The largest absolute Gasteiger partial charge is 0.392 e. The lowest BCUT2D eigenvalue weighted by atomic mass is 9.96. The van der Waals surface area contributed by atoms with Crippen molar-refractivity contribution in [3.05, 3.63) is 29.8 Å². The van der Waals surface area contributed by atoms with Crippen LogP contribution in [0.2, 0.25) is 0 Å². The molecule has 0 spiro atoms. The number of rotatable bonds is 2. The molecule has 13 heavy (non-hydrogen) atoms. The summed E-state index contributed by atoms with van der Waals surface area (Å²) < 4.78 is 0. The maximum absolute atomic E-state index is 9.40. The zero-order chi connectivity index (χ0) is 9.26. The molecule has 1 saturated carbocycles. The fourth-order valence-electron chi connectivity index (χ4n) is 1.38. The fourth-order valence-corrected chi connectivity index (χ4v) is 2.57. The molecule has 1 aromatic rings. The minimum Gasteiger partial charge on any atom is -0.392 e. The van der Waals surface area contributed by atoms with Crippen LogP contribution in [0.5, 0.6) is 0 Å². The molecular weight excluding hydrogens is 180 g/mol. The van der Waals surface area contributed by atoms with E-state index < -0.39 is 0 Å². The monoisotopic (exact) mass is 194 g/mol. The Labute approximate surface area is 83.2 Å². The van der Waals surface area contributed by atoms with E-state index in [1.54, 1.807) is 11.8 Å². The first-order valence-corrected chi connectivity index (χ1v) is 5.55. The molecule has 0 bridgehead atoms. The number of aliphatic hydroxyl groups excluding tert-OH is 1. The molecule has 0 radical (unpaired) electrons. The summed E-state index contributed by atoms with van der Waals surface area (Å²) in [5.74, 6) is 0. The Morgan fingerprint density at radius 3 is 2.38 bits per heavy atom. The molecule has 1 N–H and O–H groups in total. The molecule has 2 heteroatoms. The van der Waals surface area contributed by atoms with Gasteiger partial charge in [0.05, 0.1) is 6.10 Å². The summed E-state index contributed by atoms with van der Waals surface area (Å²) in [5.41, 5.74) is 1.29. The number of benzene rings is 1. The van der Waals surface area contributed by atoms with Gasteiger partial charge in [-0.3, -0.25) is 0 Å². The summed E-state index contributed by atoms with van der Waals surface area (Å²) >= 11 is 1.80. The van der Waals surface area contributed by atoms with Gasteiger partial charge < -0.3 is 5.11 Å². The van der Waals surface area contributed by atoms with Crippen molar-refractivity contribution >= 4 is 11.8 Å². The lowest BCUT2D eigenvalue weighted by Crippen LogP contribution is -2.33. The number of aliphatic hydroxyl groups is 1. The van der Waals surface area contributed by atoms with Crippen LogP contribution < -0.4 is 0 Å². The minimum absolute atomic E-state index is 0.0775. The van der Waals surface area contributed by atoms with E-state index in [1.165, 1.54) is 10.5 Å². The molecule has 0 saturated heterocycles. The lowest BCUT2D eigenvalue weighted by Gasteiger charge is -2.31. The number of hydrogen-bond acceptors (Lipinski definition) is 2. The topological polar surface area (TPSA) is 20.2 Å². The van der Waals surface area contributed by atoms with Crippen molar-refractivity contribution in [3.63, 3.8) is 0 Å². The van der Waals surface area contributed by atoms with Crippen molar-refractivity contribution < 1.29 is 5.11 Å². The molecule has 1 nitrogen and oxygen atoms in total. The van der Waals surface area contributed by atoms with Crippen LogP contribution in [-0.4, -0.2) is 16.5 Å². The van der Waals surface area contributed by atoms with E-state index in [1.807, 2.05) is 0 Å². The molecule has 0 amide bonds. The van der Waals surface area contributed by atoms with E-state index in [0.29, 0.717) is 5.25 Å². The van der Waals surface area contributed by atoms with Crippen molar-refractivity contribution in [1.82, 2.24) is 0 Å². The third kappa shape index (κ3) is 2.06. The van der Waals surface area contributed by atoms with Gasteiger partial charge in [-0.1, -0.05) is 17.7 Å². The van der Waals surface area contributed by atoms with E-state index in [2.05, 4.69) is 31.2 Å². The van der Waals surface area contributed by atoms with Gasteiger partial charge in [0.1, 0.15) is 0 Å². The second-order valence-electron chi connectivity index (χ2n) is 3.61. The van der Waals surface area contributed by atoms with E-state index in [9.17, 15) is 5.11 Å². The first-order chi connectivity index (χ1) is 6.25. The molecule has 2 rings (SSSR count). The highest BCUT2D eigenvalue weighted by Gasteiger charge is 2.29. The van der Waals surface area contributed by atoms with Crippen LogP contribution in [-0.2, 0) is 0 Å². The molecule has 1 aliphatic carbocycles. The van der Waals surface area contributed by atoms with Gasteiger partial charge in [0.25, 0.3) is 0 Å². The third-order valence-corrected chi connectivity index (χ3v) is 3.88. The van der Waals surface area contributed by atoms with Crippen LogP contribution in [0.25, 0.3) is 0 Å². The quantitative estimate of drug-likeness (QED) is 0.781. The highest BCUT2D eigenvalue weighted by Crippen LogP contribution is 2.36. The van der Waals surface area contributed by atoms with Gasteiger partial charge in [-0.05, 0) is 31.9 Å². The molecule has 0 aromatic heterocycles. The SMILES string of the molecule is Cc1ccc(S[C@@H]2CC[C@H]2O)cc1. The Balaban J connectivity index is 1.98. The Kier molecular flexibility index (Phi) is 2.61. The molecule has 0 heterocycles. The Bertz CT molecular complexity index is 281. The van der Waals surface area contributed by atoms with Crippen LogP contribution in [0.3, 0.4) is 0 Å². The first-order valence-electron chi connectivity index (χ1n) is 4.67. The summed E-state index contributed by atoms with van der Waals surface area (Å²) in [5, 5.41) is 9.84. The van der Waals surface area contributed by atoms with Gasteiger partial charge in [0.15, 0.2) is 0 Å². The smallest absolute Gasteiger partial charge is 0.0662 e. The number of hydrogen-bond donors (Lipinski definition) is 1. The third-order valence-electron chi connectivity index (χ3n) is 2.48. The van der Waals surface area contributed by atoms with Crippen molar-refractivity contribution in [2.45, 2.75) is 36.0 Å². The fraction of sp³-hybridized carbons (Fsp3) is 0.455. The lowest BCUT2D eigenvalue weighted by molar-refractivity contribution is 0.103. The summed E-state index contributed by atoms with van der Waals surface area (Å²) in [7, 11) is 0. The summed E-state index contributed by atoms with van der Waals surface area (Å²) in [6.45, 7) is 2.09. The van der Waals surface area contributed by atoms with Gasteiger partial charge in [-0.2, -0.15) is 0 Å². The molecule has 0 unspecified atom stereocenters. The standard InChI is InChI=1S/C11H14OS/c1-8-2-4-9(5-3-8)13-11-7-6-10(11)12/h2-5,10-12H,6-7H2,1H3/t10-,11-/m1/s1. The summed E-state index contributed by atoms with van der Waals surface area (Å²) in [4.78, 5) is 1.27.